The first-order chi connectivity index (χ1) is 7.60. The summed E-state index contributed by atoms with van der Waals surface area (Å²) in [4.78, 5) is 12.2. The first-order valence-electron chi connectivity index (χ1n) is 5.17. The largest absolute Gasteiger partial charge is 0.481 e. The average molecular weight is 240 g/mol. The number of thioether (sulfide) groups is 1. The van der Waals surface area contributed by atoms with Crippen LogP contribution >= 0.6 is 11.8 Å². The Hall–Kier alpha value is -1.03. The molecule has 1 aromatic carbocycles. The van der Waals surface area contributed by atoms with Gasteiger partial charge in [0.1, 0.15) is 5.82 Å². The average Bonchev–Trinajstić information content (AvgIpc) is 2.18. The Balaban J connectivity index is 2.49. The van der Waals surface area contributed by atoms with Crippen molar-refractivity contribution in [3.05, 3.63) is 29.6 Å². The van der Waals surface area contributed by atoms with Crippen molar-refractivity contribution in [2.24, 2.45) is 0 Å². The normalized spacial score (nSPS) is 17.9. The van der Waals surface area contributed by atoms with E-state index in [9.17, 15) is 14.3 Å². The summed E-state index contributed by atoms with van der Waals surface area (Å²) in [5.41, 5.74) is -0.631. The number of carboxylic acid groups (broad SMARTS) is 1. The number of halogens is 1. The fraction of sp³-hybridized carbons (Fsp3) is 0.417. The molecule has 1 aliphatic carbocycles. The van der Waals surface area contributed by atoms with Gasteiger partial charge in [-0.25, -0.2) is 4.39 Å². The van der Waals surface area contributed by atoms with Crippen LogP contribution in [-0.2, 0) is 10.2 Å². The molecule has 0 aromatic heterocycles. The van der Waals surface area contributed by atoms with Gasteiger partial charge in [-0.3, -0.25) is 4.79 Å². The number of carbonyl (C=O) groups is 1. The monoisotopic (exact) mass is 240 g/mol. The number of hydrogen-bond donors (Lipinski definition) is 1. The Labute approximate surface area is 97.9 Å². The molecule has 0 saturated heterocycles. The predicted octanol–water partition coefficient (Wildman–Crippen LogP) is 3.05. The minimum Gasteiger partial charge on any atom is -0.481 e. The molecule has 1 saturated carbocycles. The standard InChI is InChI=1S/C12H13FO2S/c1-16-8-3-4-10(13)9(7-8)12(11(14)15)5-2-6-12/h3-4,7H,2,5-6H2,1H3,(H,14,15). The molecule has 1 aromatic rings. The Morgan fingerprint density at radius 3 is 2.62 bits per heavy atom. The van der Waals surface area contributed by atoms with Crippen molar-refractivity contribution in [2.75, 3.05) is 6.26 Å². The lowest BCUT2D eigenvalue weighted by Gasteiger charge is -2.38. The van der Waals surface area contributed by atoms with Crippen molar-refractivity contribution >= 4 is 17.7 Å². The predicted molar refractivity (Wildman–Crippen MR) is 61.3 cm³/mol. The molecule has 0 aliphatic heterocycles. The van der Waals surface area contributed by atoms with E-state index in [2.05, 4.69) is 0 Å². The maximum atomic E-state index is 13.7. The highest BCUT2D eigenvalue weighted by Gasteiger charge is 2.47. The van der Waals surface area contributed by atoms with Crippen LogP contribution < -0.4 is 0 Å². The maximum Gasteiger partial charge on any atom is 0.314 e. The molecule has 0 unspecified atom stereocenters. The molecule has 2 nitrogen and oxygen atoms in total. The van der Waals surface area contributed by atoms with Gasteiger partial charge in [0.15, 0.2) is 0 Å². The van der Waals surface area contributed by atoms with Gasteiger partial charge in [0, 0.05) is 10.5 Å². The van der Waals surface area contributed by atoms with Gasteiger partial charge in [0.05, 0.1) is 5.41 Å². The number of hydrogen-bond acceptors (Lipinski definition) is 2. The molecule has 16 heavy (non-hydrogen) atoms. The van der Waals surface area contributed by atoms with Crippen molar-refractivity contribution in [1.82, 2.24) is 0 Å². The molecule has 86 valence electrons. The van der Waals surface area contributed by atoms with Crippen molar-refractivity contribution in [3.8, 4) is 0 Å². The summed E-state index contributed by atoms with van der Waals surface area (Å²) in [6.45, 7) is 0. The molecule has 0 atom stereocenters. The third kappa shape index (κ3) is 1.61. The van der Waals surface area contributed by atoms with Crippen LogP contribution in [0.15, 0.2) is 23.1 Å². The van der Waals surface area contributed by atoms with E-state index in [0.717, 1.165) is 11.3 Å². The van der Waals surface area contributed by atoms with Gasteiger partial charge in [0.25, 0.3) is 0 Å². The van der Waals surface area contributed by atoms with E-state index in [1.165, 1.54) is 17.8 Å². The van der Waals surface area contributed by atoms with Gasteiger partial charge < -0.3 is 5.11 Å². The van der Waals surface area contributed by atoms with Gasteiger partial charge in [-0.05, 0) is 37.3 Å². The Bertz CT molecular complexity index is 427. The third-order valence-corrected chi connectivity index (χ3v) is 4.03. The molecule has 0 amide bonds. The summed E-state index contributed by atoms with van der Waals surface area (Å²) in [6, 6.07) is 4.72. The minimum absolute atomic E-state index is 0.345. The molecule has 1 aliphatic rings. The molecular formula is C12H13FO2S. The topological polar surface area (TPSA) is 37.3 Å². The zero-order chi connectivity index (χ0) is 11.8. The van der Waals surface area contributed by atoms with Crippen molar-refractivity contribution in [3.63, 3.8) is 0 Å². The molecule has 4 heteroatoms. The summed E-state index contributed by atoms with van der Waals surface area (Å²) in [5, 5.41) is 9.25. The molecule has 1 N–H and O–H groups in total. The molecule has 1 fully saturated rings. The zero-order valence-electron chi connectivity index (χ0n) is 9.00. The van der Waals surface area contributed by atoms with Crippen LogP contribution in [0.4, 0.5) is 4.39 Å². The Morgan fingerprint density at radius 2 is 2.19 bits per heavy atom. The second kappa shape index (κ2) is 4.09. The van der Waals surface area contributed by atoms with E-state index in [1.54, 1.807) is 12.1 Å². The third-order valence-electron chi connectivity index (χ3n) is 3.31. The smallest absolute Gasteiger partial charge is 0.314 e. The van der Waals surface area contributed by atoms with Gasteiger partial charge in [0.2, 0.25) is 0 Å². The molecule has 0 bridgehead atoms. The SMILES string of the molecule is CSc1ccc(F)c(C2(C(=O)O)CCC2)c1. The zero-order valence-corrected chi connectivity index (χ0v) is 9.81. The number of benzene rings is 1. The maximum absolute atomic E-state index is 13.7. The number of rotatable bonds is 3. The van der Waals surface area contributed by atoms with Crippen LogP contribution in [0.5, 0.6) is 0 Å². The summed E-state index contributed by atoms with van der Waals surface area (Å²) >= 11 is 1.49. The van der Waals surface area contributed by atoms with Crippen LogP contribution in [0.1, 0.15) is 24.8 Å². The fourth-order valence-corrected chi connectivity index (χ4v) is 2.57. The van der Waals surface area contributed by atoms with Crippen molar-refractivity contribution in [1.29, 1.82) is 0 Å². The lowest BCUT2D eigenvalue weighted by atomic mass is 9.64. The first-order valence-corrected chi connectivity index (χ1v) is 6.40. The van der Waals surface area contributed by atoms with Gasteiger partial charge in [-0.15, -0.1) is 11.8 Å². The summed E-state index contributed by atoms with van der Waals surface area (Å²) < 4.78 is 13.7. The molecular weight excluding hydrogens is 227 g/mol. The highest BCUT2D eigenvalue weighted by atomic mass is 32.2. The fourth-order valence-electron chi connectivity index (χ4n) is 2.13. The van der Waals surface area contributed by atoms with Gasteiger partial charge >= 0.3 is 5.97 Å². The van der Waals surface area contributed by atoms with Crippen LogP contribution in [0.25, 0.3) is 0 Å². The van der Waals surface area contributed by atoms with Crippen molar-refractivity contribution in [2.45, 2.75) is 29.6 Å². The summed E-state index contributed by atoms with van der Waals surface area (Å²) in [7, 11) is 0. The Morgan fingerprint density at radius 1 is 1.50 bits per heavy atom. The van der Waals surface area contributed by atoms with E-state index < -0.39 is 17.2 Å². The minimum atomic E-state index is -0.976. The molecule has 0 radical (unpaired) electrons. The van der Waals surface area contributed by atoms with Crippen LogP contribution in [0.3, 0.4) is 0 Å². The van der Waals surface area contributed by atoms with Crippen LogP contribution in [0.2, 0.25) is 0 Å². The second-order valence-corrected chi connectivity index (χ2v) is 4.97. The molecule has 2 rings (SSSR count). The van der Waals surface area contributed by atoms with E-state index in [0.29, 0.717) is 18.4 Å². The Kier molecular flexibility index (Phi) is 2.93. The quantitative estimate of drug-likeness (QED) is 0.825. The van der Waals surface area contributed by atoms with Crippen LogP contribution in [-0.4, -0.2) is 17.3 Å². The number of aliphatic carboxylic acids is 1. The summed E-state index contributed by atoms with van der Waals surface area (Å²) in [6.07, 6.45) is 3.83. The van der Waals surface area contributed by atoms with E-state index >= 15 is 0 Å². The second-order valence-electron chi connectivity index (χ2n) is 4.09. The van der Waals surface area contributed by atoms with Crippen molar-refractivity contribution < 1.29 is 14.3 Å². The van der Waals surface area contributed by atoms with E-state index in [1.807, 2.05) is 6.26 Å². The van der Waals surface area contributed by atoms with Crippen LogP contribution in [0, 0.1) is 5.82 Å². The highest BCUT2D eigenvalue weighted by molar-refractivity contribution is 7.98. The lowest BCUT2D eigenvalue weighted by Crippen LogP contribution is -2.43. The van der Waals surface area contributed by atoms with Gasteiger partial charge in [-0.2, -0.15) is 0 Å². The first kappa shape index (κ1) is 11.5. The summed E-state index contributed by atoms with van der Waals surface area (Å²) in [5.74, 6) is -1.31. The lowest BCUT2D eigenvalue weighted by molar-refractivity contribution is -0.147. The van der Waals surface area contributed by atoms with E-state index in [4.69, 9.17) is 0 Å². The molecule has 0 spiro atoms. The highest BCUT2D eigenvalue weighted by Crippen LogP contribution is 2.45. The van der Waals surface area contributed by atoms with E-state index in [-0.39, 0.29) is 0 Å². The molecule has 0 heterocycles. The van der Waals surface area contributed by atoms with Gasteiger partial charge in [-0.1, -0.05) is 6.42 Å². The number of carboxylic acids is 1.